The molecule has 0 bridgehead atoms. The van der Waals surface area contributed by atoms with Crippen molar-refractivity contribution < 1.29 is 14.5 Å². The van der Waals surface area contributed by atoms with E-state index in [1.54, 1.807) is 0 Å². The monoisotopic (exact) mass is 193 g/mol. The minimum atomic E-state index is -1.24. The molecule has 8 nitrogen and oxygen atoms in total. The van der Waals surface area contributed by atoms with Crippen molar-refractivity contribution in [3.8, 4) is 11.4 Å². The third kappa shape index (κ3) is 1.28. The first-order valence-corrected chi connectivity index (χ1v) is 3.48. The Hall–Kier alpha value is -2.38. The van der Waals surface area contributed by atoms with Crippen LogP contribution in [0.1, 0.15) is 10.5 Å². The molecule has 2 aromatic heterocycles. The van der Waals surface area contributed by atoms with Crippen molar-refractivity contribution in [2.24, 2.45) is 0 Å². The molecule has 2 rings (SSSR count). The smallest absolute Gasteiger partial charge is 0.360 e. The number of nitrogens with zero attached hydrogens (tertiary/aromatic N) is 5. The Morgan fingerprint density at radius 2 is 2.21 bits per heavy atom. The topological polar surface area (TPSA) is 115 Å². The van der Waals surface area contributed by atoms with E-state index < -0.39 is 5.97 Å². The summed E-state index contributed by atoms with van der Waals surface area (Å²) >= 11 is 0. The Balaban J connectivity index is 2.52. The largest absolute Gasteiger partial charge is 0.476 e. The van der Waals surface area contributed by atoms with Crippen LogP contribution < -0.4 is 0 Å². The van der Waals surface area contributed by atoms with Crippen LogP contribution in [0.25, 0.3) is 11.4 Å². The van der Waals surface area contributed by atoms with E-state index in [9.17, 15) is 4.79 Å². The van der Waals surface area contributed by atoms with E-state index in [1.165, 1.54) is 12.5 Å². The van der Waals surface area contributed by atoms with Crippen LogP contribution in [0, 0.1) is 0 Å². The van der Waals surface area contributed by atoms with Gasteiger partial charge in [0.1, 0.15) is 12.0 Å². The Morgan fingerprint density at radius 1 is 1.36 bits per heavy atom. The van der Waals surface area contributed by atoms with Crippen molar-refractivity contribution >= 4 is 5.97 Å². The van der Waals surface area contributed by atoms with Crippen LogP contribution in [0.4, 0.5) is 0 Å². The van der Waals surface area contributed by atoms with Crippen LogP contribution in [0.2, 0.25) is 0 Å². The van der Waals surface area contributed by atoms with Crippen LogP contribution in [-0.4, -0.2) is 36.6 Å². The molecule has 0 aliphatic rings. The molecule has 0 saturated heterocycles. The standard InChI is InChI=1S/C6H3N5O3/c12-6(13)5-4(10-14-11-5)3-1-8-9-2-7-3/h1-2H,(H,12,13). The first-order valence-electron chi connectivity index (χ1n) is 3.48. The fourth-order valence-electron chi connectivity index (χ4n) is 0.858. The molecule has 0 amide bonds. The SMILES string of the molecule is O=C(O)c1nonc1-c1cnncn1. The average Bonchev–Trinajstić information content (AvgIpc) is 2.67. The van der Waals surface area contributed by atoms with E-state index in [2.05, 4.69) is 30.1 Å². The summed E-state index contributed by atoms with van der Waals surface area (Å²) < 4.78 is 4.29. The lowest BCUT2D eigenvalue weighted by Gasteiger charge is -1.91. The van der Waals surface area contributed by atoms with Crippen LogP contribution in [0.15, 0.2) is 17.2 Å². The molecule has 0 spiro atoms. The fraction of sp³-hybridized carbons (Fsp3) is 0. The van der Waals surface area contributed by atoms with Crippen LogP contribution >= 0.6 is 0 Å². The molecule has 0 atom stereocenters. The zero-order valence-corrected chi connectivity index (χ0v) is 6.65. The molecule has 0 aliphatic carbocycles. The van der Waals surface area contributed by atoms with Gasteiger partial charge in [0.15, 0.2) is 5.69 Å². The van der Waals surface area contributed by atoms with Gasteiger partial charge in [-0.15, -0.1) is 5.10 Å². The van der Waals surface area contributed by atoms with E-state index in [4.69, 9.17) is 5.11 Å². The summed E-state index contributed by atoms with van der Waals surface area (Å²) in [5, 5.41) is 22.3. The third-order valence-corrected chi connectivity index (χ3v) is 1.43. The van der Waals surface area contributed by atoms with Gasteiger partial charge in [-0.25, -0.2) is 14.4 Å². The van der Waals surface area contributed by atoms with E-state index in [0.717, 1.165) is 0 Å². The van der Waals surface area contributed by atoms with Crippen molar-refractivity contribution in [3.05, 3.63) is 18.2 Å². The number of aromatic nitrogens is 5. The van der Waals surface area contributed by atoms with Crippen molar-refractivity contribution in [3.63, 3.8) is 0 Å². The minimum Gasteiger partial charge on any atom is -0.476 e. The molecule has 8 heteroatoms. The predicted octanol–water partition coefficient (Wildman–Crippen LogP) is -0.380. The number of carboxylic acid groups (broad SMARTS) is 1. The lowest BCUT2D eigenvalue weighted by Crippen LogP contribution is -2.00. The maximum absolute atomic E-state index is 10.6. The molecule has 0 aromatic carbocycles. The van der Waals surface area contributed by atoms with Gasteiger partial charge in [-0.2, -0.15) is 5.10 Å². The summed E-state index contributed by atoms with van der Waals surface area (Å²) in [4.78, 5) is 14.4. The Labute approximate surface area is 76.6 Å². The minimum absolute atomic E-state index is 0.0346. The summed E-state index contributed by atoms with van der Waals surface area (Å²) in [5.41, 5.74) is -0.0171. The van der Waals surface area contributed by atoms with Gasteiger partial charge in [0, 0.05) is 0 Å². The molecule has 1 N–H and O–H groups in total. The Morgan fingerprint density at radius 3 is 2.86 bits per heavy atom. The maximum Gasteiger partial charge on any atom is 0.360 e. The Bertz CT molecular complexity index is 454. The highest BCUT2D eigenvalue weighted by molar-refractivity contribution is 5.91. The predicted molar refractivity (Wildman–Crippen MR) is 40.1 cm³/mol. The van der Waals surface area contributed by atoms with Crippen LogP contribution in [-0.2, 0) is 0 Å². The van der Waals surface area contributed by atoms with E-state index in [0.29, 0.717) is 0 Å². The highest BCUT2D eigenvalue weighted by Gasteiger charge is 2.19. The van der Waals surface area contributed by atoms with Gasteiger partial charge in [-0.05, 0) is 10.3 Å². The van der Waals surface area contributed by atoms with Gasteiger partial charge in [0.05, 0.1) is 6.20 Å². The van der Waals surface area contributed by atoms with Gasteiger partial charge in [0.2, 0.25) is 5.69 Å². The summed E-state index contributed by atoms with van der Waals surface area (Å²) in [6.07, 6.45) is 2.45. The highest BCUT2D eigenvalue weighted by atomic mass is 16.6. The second kappa shape index (κ2) is 3.17. The lowest BCUT2D eigenvalue weighted by molar-refractivity contribution is 0.0685. The quantitative estimate of drug-likeness (QED) is 0.686. The molecule has 0 aliphatic heterocycles. The molecule has 0 unspecified atom stereocenters. The third-order valence-electron chi connectivity index (χ3n) is 1.43. The lowest BCUT2D eigenvalue weighted by atomic mass is 10.2. The summed E-state index contributed by atoms with van der Waals surface area (Å²) in [5.74, 6) is -1.24. The molecule has 70 valence electrons. The second-order valence-corrected chi connectivity index (χ2v) is 2.26. The number of hydrogen-bond donors (Lipinski definition) is 1. The maximum atomic E-state index is 10.6. The molecule has 2 heterocycles. The molecular formula is C6H3N5O3. The molecule has 2 aromatic rings. The number of hydrogen-bond acceptors (Lipinski definition) is 7. The van der Waals surface area contributed by atoms with E-state index in [1.807, 2.05) is 0 Å². The normalized spacial score (nSPS) is 10.0. The zero-order chi connectivity index (χ0) is 9.97. The second-order valence-electron chi connectivity index (χ2n) is 2.26. The number of carboxylic acids is 1. The highest BCUT2D eigenvalue weighted by Crippen LogP contribution is 2.15. The van der Waals surface area contributed by atoms with Gasteiger partial charge in [0.25, 0.3) is 0 Å². The number of carbonyl (C=O) groups is 1. The first-order chi connectivity index (χ1) is 6.79. The molecule has 14 heavy (non-hydrogen) atoms. The van der Waals surface area contributed by atoms with E-state index in [-0.39, 0.29) is 17.1 Å². The number of aromatic carboxylic acids is 1. The van der Waals surface area contributed by atoms with Crippen molar-refractivity contribution in [2.75, 3.05) is 0 Å². The zero-order valence-electron chi connectivity index (χ0n) is 6.65. The van der Waals surface area contributed by atoms with Crippen molar-refractivity contribution in [2.45, 2.75) is 0 Å². The molecule has 0 fully saturated rings. The van der Waals surface area contributed by atoms with Gasteiger partial charge >= 0.3 is 5.97 Å². The van der Waals surface area contributed by atoms with Crippen molar-refractivity contribution in [1.29, 1.82) is 0 Å². The molecule has 0 radical (unpaired) electrons. The molecular weight excluding hydrogens is 190 g/mol. The average molecular weight is 193 g/mol. The molecule has 0 saturated carbocycles. The van der Waals surface area contributed by atoms with E-state index >= 15 is 0 Å². The van der Waals surface area contributed by atoms with Gasteiger partial charge in [-0.1, -0.05) is 0 Å². The van der Waals surface area contributed by atoms with Gasteiger partial charge in [-0.3, -0.25) is 0 Å². The van der Waals surface area contributed by atoms with Crippen LogP contribution in [0.3, 0.4) is 0 Å². The van der Waals surface area contributed by atoms with Gasteiger partial charge < -0.3 is 5.11 Å². The number of rotatable bonds is 2. The Kier molecular flexibility index (Phi) is 1.86. The first kappa shape index (κ1) is 8.23. The summed E-state index contributed by atoms with van der Waals surface area (Å²) in [7, 11) is 0. The van der Waals surface area contributed by atoms with Crippen LogP contribution in [0.5, 0.6) is 0 Å². The summed E-state index contributed by atoms with van der Waals surface area (Å²) in [6.45, 7) is 0. The van der Waals surface area contributed by atoms with Crippen molar-refractivity contribution in [1.82, 2.24) is 25.5 Å². The fourth-order valence-corrected chi connectivity index (χ4v) is 0.858. The summed E-state index contributed by atoms with van der Waals surface area (Å²) in [6, 6.07) is 0.